The van der Waals surface area contributed by atoms with Gasteiger partial charge < -0.3 is 14.0 Å². The van der Waals surface area contributed by atoms with Crippen molar-refractivity contribution in [2.45, 2.75) is 0 Å². The molecule has 12 rings (SSSR count). The third kappa shape index (κ3) is 6.29. The van der Waals surface area contributed by atoms with Crippen LogP contribution in [0.3, 0.4) is 0 Å². The maximum Gasteiger partial charge on any atom is 0.0547 e. The summed E-state index contributed by atoms with van der Waals surface area (Å²) < 4.78 is 4.81. The highest BCUT2D eigenvalue weighted by molar-refractivity contribution is 6.16. The van der Waals surface area contributed by atoms with Gasteiger partial charge in [0.15, 0.2) is 0 Å². The van der Waals surface area contributed by atoms with Crippen LogP contribution < -0.4 is 4.90 Å². The number of nitrogens with zero attached hydrogens (tertiary/aromatic N) is 3. The zero-order chi connectivity index (χ0) is 41.7. The maximum absolute atomic E-state index is 2.40. The van der Waals surface area contributed by atoms with E-state index in [0.29, 0.717) is 0 Å². The van der Waals surface area contributed by atoms with Gasteiger partial charge in [0.2, 0.25) is 0 Å². The number of aromatic nitrogens is 2. The highest BCUT2D eigenvalue weighted by atomic mass is 15.1. The van der Waals surface area contributed by atoms with Gasteiger partial charge in [0.25, 0.3) is 0 Å². The summed E-state index contributed by atoms with van der Waals surface area (Å²) >= 11 is 0. The standard InChI is InChI=1S/C60H41N3/c1-5-18-47(19-6-1)61(48-20-7-2-8-21-48)51-35-32-42(33-36-51)44-38-45(43-34-37-54-53-26-13-15-29-56(53)63(59(54)41-43)50-24-11-4-12-25-50)40-46(39-44)52-28-17-31-58-60(52)55-27-14-16-30-57(55)62(58)49-22-9-3-10-23-49/h1-41H. The molecule has 0 aliphatic carbocycles. The monoisotopic (exact) mass is 803 g/mol. The largest absolute Gasteiger partial charge is 0.311 e. The number of benzene rings is 10. The van der Waals surface area contributed by atoms with Crippen molar-refractivity contribution < 1.29 is 0 Å². The van der Waals surface area contributed by atoms with E-state index in [1.165, 1.54) is 60.3 Å². The molecule has 0 aliphatic rings. The second-order valence-electron chi connectivity index (χ2n) is 16.2. The second kappa shape index (κ2) is 15.3. The first-order chi connectivity index (χ1) is 31.3. The average Bonchev–Trinajstić information content (AvgIpc) is 3.88. The molecule has 0 fully saturated rings. The molecule has 0 spiro atoms. The van der Waals surface area contributed by atoms with Crippen LogP contribution in [-0.2, 0) is 0 Å². The summed E-state index contributed by atoms with van der Waals surface area (Å²) in [6.07, 6.45) is 0. The third-order valence-electron chi connectivity index (χ3n) is 12.5. The average molecular weight is 804 g/mol. The molecule has 0 saturated carbocycles. The van der Waals surface area contributed by atoms with Crippen LogP contribution in [-0.4, -0.2) is 9.13 Å². The van der Waals surface area contributed by atoms with Gasteiger partial charge >= 0.3 is 0 Å². The van der Waals surface area contributed by atoms with Gasteiger partial charge in [0.05, 0.1) is 22.1 Å². The summed E-state index contributed by atoms with van der Waals surface area (Å²) in [5, 5.41) is 4.97. The predicted octanol–water partition coefficient (Wildman–Crippen LogP) is 16.4. The molecular formula is C60H41N3. The van der Waals surface area contributed by atoms with Gasteiger partial charge in [-0.3, -0.25) is 0 Å². The molecule has 3 nitrogen and oxygen atoms in total. The van der Waals surface area contributed by atoms with E-state index in [1.807, 2.05) is 0 Å². The molecule has 3 heteroatoms. The van der Waals surface area contributed by atoms with Crippen molar-refractivity contribution in [2.75, 3.05) is 4.90 Å². The molecule has 63 heavy (non-hydrogen) atoms. The Bertz CT molecular complexity index is 3550. The van der Waals surface area contributed by atoms with Gasteiger partial charge in [-0.15, -0.1) is 0 Å². The van der Waals surface area contributed by atoms with Crippen LogP contribution in [0.2, 0.25) is 0 Å². The van der Waals surface area contributed by atoms with E-state index < -0.39 is 0 Å². The van der Waals surface area contributed by atoms with Crippen molar-refractivity contribution in [3.63, 3.8) is 0 Å². The lowest BCUT2D eigenvalue weighted by Crippen LogP contribution is -2.09. The van der Waals surface area contributed by atoms with E-state index in [2.05, 4.69) is 263 Å². The number of fused-ring (bicyclic) bond motifs is 6. The summed E-state index contributed by atoms with van der Waals surface area (Å²) in [5.74, 6) is 0. The van der Waals surface area contributed by atoms with E-state index in [0.717, 1.165) is 45.1 Å². The topological polar surface area (TPSA) is 13.1 Å². The number of hydrogen-bond acceptors (Lipinski definition) is 1. The van der Waals surface area contributed by atoms with Crippen LogP contribution in [0.5, 0.6) is 0 Å². The van der Waals surface area contributed by atoms with Crippen LogP contribution >= 0.6 is 0 Å². The Morgan fingerprint density at radius 3 is 1.33 bits per heavy atom. The smallest absolute Gasteiger partial charge is 0.0547 e. The summed E-state index contributed by atoms with van der Waals surface area (Å²) in [6.45, 7) is 0. The fraction of sp³-hybridized carbons (Fsp3) is 0. The fourth-order valence-electron chi connectivity index (χ4n) is 9.64. The van der Waals surface area contributed by atoms with Crippen LogP contribution in [0, 0.1) is 0 Å². The number of rotatable bonds is 8. The Labute approximate surface area is 366 Å². The summed E-state index contributed by atoms with van der Waals surface area (Å²) in [5.41, 5.74) is 17.4. The Morgan fingerprint density at radius 2 is 0.698 bits per heavy atom. The van der Waals surface area contributed by atoms with E-state index in [9.17, 15) is 0 Å². The lowest BCUT2D eigenvalue weighted by molar-refractivity contribution is 1.18. The Kier molecular flexibility index (Phi) is 8.83. The maximum atomic E-state index is 2.40. The molecule has 0 atom stereocenters. The Hall–Kier alpha value is -8.40. The van der Waals surface area contributed by atoms with Gasteiger partial charge in [-0.25, -0.2) is 0 Å². The van der Waals surface area contributed by atoms with E-state index in [4.69, 9.17) is 0 Å². The Balaban J connectivity index is 1.08. The van der Waals surface area contributed by atoms with Crippen LogP contribution in [0.25, 0.3) is 88.4 Å². The van der Waals surface area contributed by atoms with Crippen LogP contribution in [0.4, 0.5) is 17.1 Å². The fourth-order valence-corrected chi connectivity index (χ4v) is 9.64. The molecule has 0 radical (unpaired) electrons. The van der Waals surface area contributed by atoms with Crippen molar-refractivity contribution in [1.29, 1.82) is 0 Å². The molecule has 12 aromatic rings. The van der Waals surface area contributed by atoms with Gasteiger partial charge in [-0.05, 0) is 137 Å². The number of hydrogen-bond donors (Lipinski definition) is 0. The molecule has 0 unspecified atom stereocenters. The van der Waals surface area contributed by atoms with E-state index in [1.54, 1.807) is 0 Å². The highest BCUT2D eigenvalue weighted by Gasteiger charge is 2.19. The second-order valence-corrected chi connectivity index (χ2v) is 16.2. The lowest BCUT2D eigenvalue weighted by Gasteiger charge is -2.25. The molecule has 10 aromatic carbocycles. The molecule has 2 aromatic heterocycles. The van der Waals surface area contributed by atoms with Crippen LogP contribution in [0.1, 0.15) is 0 Å². The first kappa shape index (κ1) is 36.5. The Morgan fingerprint density at radius 1 is 0.254 bits per heavy atom. The number of anilines is 3. The van der Waals surface area contributed by atoms with Crippen molar-refractivity contribution in [1.82, 2.24) is 9.13 Å². The summed E-state index contributed by atoms with van der Waals surface area (Å²) in [7, 11) is 0. The minimum absolute atomic E-state index is 1.10. The van der Waals surface area contributed by atoms with Gasteiger partial charge in [0, 0.05) is 50.0 Å². The predicted molar refractivity (Wildman–Crippen MR) is 266 cm³/mol. The first-order valence-electron chi connectivity index (χ1n) is 21.6. The van der Waals surface area contributed by atoms with E-state index >= 15 is 0 Å². The minimum Gasteiger partial charge on any atom is -0.311 e. The highest BCUT2D eigenvalue weighted by Crippen LogP contribution is 2.43. The van der Waals surface area contributed by atoms with E-state index in [-0.39, 0.29) is 0 Å². The van der Waals surface area contributed by atoms with Gasteiger partial charge in [0.1, 0.15) is 0 Å². The van der Waals surface area contributed by atoms with Crippen molar-refractivity contribution in [3.05, 3.63) is 249 Å². The minimum atomic E-state index is 1.10. The molecule has 296 valence electrons. The van der Waals surface area contributed by atoms with Gasteiger partial charge in [-0.1, -0.05) is 146 Å². The van der Waals surface area contributed by atoms with Crippen molar-refractivity contribution in [3.8, 4) is 44.8 Å². The van der Waals surface area contributed by atoms with Gasteiger partial charge in [-0.2, -0.15) is 0 Å². The van der Waals surface area contributed by atoms with Crippen molar-refractivity contribution >= 4 is 60.7 Å². The normalized spacial score (nSPS) is 11.5. The lowest BCUT2D eigenvalue weighted by atomic mass is 9.91. The summed E-state index contributed by atoms with van der Waals surface area (Å²) in [6, 6.07) is 90.1. The molecular weight excluding hydrogens is 763 g/mol. The van der Waals surface area contributed by atoms with Crippen molar-refractivity contribution in [2.24, 2.45) is 0 Å². The SMILES string of the molecule is c1ccc(N(c2ccccc2)c2ccc(-c3cc(-c4ccc5c6ccccc6n(-c6ccccc6)c5c4)cc(-c4cccc5c4c4ccccc4n5-c4ccccc4)c3)cc2)cc1. The molecule has 0 bridgehead atoms. The molecule has 0 amide bonds. The third-order valence-corrected chi connectivity index (χ3v) is 12.5. The van der Waals surface area contributed by atoms with Crippen LogP contribution in [0.15, 0.2) is 249 Å². The zero-order valence-corrected chi connectivity index (χ0v) is 34.5. The molecule has 0 saturated heterocycles. The molecule has 2 heterocycles. The first-order valence-corrected chi connectivity index (χ1v) is 21.6. The summed E-state index contributed by atoms with van der Waals surface area (Å²) in [4.78, 5) is 2.32. The quantitative estimate of drug-likeness (QED) is 0.149. The molecule has 0 N–H and O–H groups in total. The molecule has 0 aliphatic heterocycles. The number of para-hydroxylation sites is 6. The zero-order valence-electron chi connectivity index (χ0n) is 34.5.